The molecule has 148 valence electrons. The first-order valence-electron chi connectivity index (χ1n) is 7.35. The summed E-state index contributed by atoms with van der Waals surface area (Å²) in [7, 11) is 0. The van der Waals surface area contributed by atoms with Gasteiger partial charge in [0.2, 0.25) is 0 Å². The van der Waals surface area contributed by atoms with Gasteiger partial charge in [0.1, 0.15) is 11.6 Å². The Morgan fingerprint density at radius 2 is 1.71 bits per heavy atom. The lowest BCUT2D eigenvalue weighted by Gasteiger charge is -2.13. The Hall–Kier alpha value is -2.34. The summed E-state index contributed by atoms with van der Waals surface area (Å²) in [5.41, 5.74) is -0.735. The van der Waals surface area contributed by atoms with Gasteiger partial charge in [0, 0.05) is 24.2 Å². The summed E-state index contributed by atoms with van der Waals surface area (Å²) < 4.78 is 78.0. The molecule has 0 fully saturated rings. The summed E-state index contributed by atoms with van der Waals surface area (Å²) in [6.07, 6.45) is -5.93. The van der Waals surface area contributed by atoms with E-state index in [9.17, 15) is 26.3 Å². The highest BCUT2D eigenvalue weighted by Gasteiger charge is 2.33. The molecule has 0 spiro atoms. The Morgan fingerprint density at radius 3 is 2.29 bits per heavy atom. The van der Waals surface area contributed by atoms with E-state index in [1.54, 1.807) is 0 Å². The zero-order chi connectivity index (χ0) is 20.5. The van der Waals surface area contributed by atoms with Crippen molar-refractivity contribution in [3.8, 4) is 11.4 Å². The average molecular weight is 440 g/mol. The van der Waals surface area contributed by atoms with Crippen molar-refractivity contribution < 1.29 is 26.3 Å². The van der Waals surface area contributed by atoms with Crippen LogP contribution >= 0.6 is 23.4 Å². The van der Waals surface area contributed by atoms with E-state index in [0.717, 1.165) is 4.57 Å². The summed E-state index contributed by atoms with van der Waals surface area (Å²) in [6.45, 7) is -1.40. The first-order valence-corrected chi connectivity index (χ1v) is 8.55. The van der Waals surface area contributed by atoms with Crippen LogP contribution < -0.4 is 0 Å². The molecule has 28 heavy (non-hydrogen) atoms. The van der Waals surface area contributed by atoms with Crippen LogP contribution in [0.3, 0.4) is 0 Å². The van der Waals surface area contributed by atoms with Gasteiger partial charge in [0.25, 0.3) is 0 Å². The van der Waals surface area contributed by atoms with Crippen molar-refractivity contribution >= 4 is 23.4 Å². The van der Waals surface area contributed by atoms with Gasteiger partial charge in [-0.25, -0.2) is 4.98 Å². The van der Waals surface area contributed by atoms with Crippen molar-refractivity contribution in [2.24, 2.45) is 0 Å². The van der Waals surface area contributed by atoms with E-state index in [1.807, 2.05) is 0 Å². The fourth-order valence-corrected chi connectivity index (χ4v) is 3.20. The van der Waals surface area contributed by atoms with Gasteiger partial charge >= 0.3 is 12.4 Å². The standard InChI is InChI=1S/C15H8ClF6N5S/c16-10-5-9(15(20,21)22)6-24-12(10)28-13-26-25-11(8-1-3-23-4-2-8)27(13)7-14(17,18)19/h1-6H,7H2. The summed E-state index contributed by atoms with van der Waals surface area (Å²) >= 11 is 6.40. The molecular formula is C15H8ClF6N5S. The maximum Gasteiger partial charge on any atom is 0.417 e. The van der Waals surface area contributed by atoms with Crippen LogP contribution in [-0.2, 0) is 12.7 Å². The largest absolute Gasteiger partial charge is 0.417 e. The molecule has 3 aromatic rings. The number of rotatable bonds is 4. The topological polar surface area (TPSA) is 56.5 Å². The number of hydrogen-bond acceptors (Lipinski definition) is 5. The minimum absolute atomic E-state index is 0.0785. The van der Waals surface area contributed by atoms with Crippen LogP contribution in [-0.4, -0.2) is 30.9 Å². The molecule has 0 amide bonds. The number of alkyl halides is 6. The lowest BCUT2D eigenvalue weighted by Crippen LogP contribution is -2.19. The first-order chi connectivity index (χ1) is 13.0. The second kappa shape index (κ2) is 7.59. The first kappa shape index (κ1) is 20.4. The molecule has 3 rings (SSSR count). The van der Waals surface area contributed by atoms with Crippen molar-refractivity contribution in [2.45, 2.75) is 29.1 Å². The highest BCUT2D eigenvalue weighted by atomic mass is 35.5. The summed E-state index contributed by atoms with van der Waals surface area (Å²) in [5, 5.41) is 6.76. The van der Waals surface area contributed by atoms with Crippen LogP contribution in [0.2, 0.25) is 5.02 Å². The highest BCUT2D eigenvalue weighted by Crippen LogP contribution is 2.37. The van der Waals surface area contributed by atoms with Crippen LogP contribution in [0.25, 0.3) is 11.4 Å². The van der Waals surface area contributed by atoms with Crippen LogP contribution in [0.5, 0.6) is 0 Å². The lowest BCUT2D eigenvalue weighted by atomic mass is 10.2. The molecule has 0 aromatic carbocycles. The minimum atomic E-state index is -4.65. The maximum atomic E-state index is 13.0. The summed E-state index contributed by atoms with van der Waals surface area (Å²) in [5.74, 6) is -0.0785. The van der Waals surface area contributed by atoms with Gasteiger partial charge in [0.05, 0.1) is 10.6 Å². The second-order valence-corrected chi connectivity index (χ2v) is 6.72. The van der Waals surface area contributed by atoms with Crippen LogP contribution in [0.4, 0.5) is 26.3 Å². The average Bonchev–Trinajstić information content (AvgIpc) is 2.97. The molecule has 0 radical (unpaired) electrons. The van der Waals surface area contributed by atoms with E-state index in [0.29, 0.717) is 29.6 Å². The molecule has 0 atom stereocenters. The predicted octanol–water partition coefficient (Wildman–Crippen LogP) is 5.12. The van der Waals surface area contributed by atoms with E-state index < -0.39 is 24.5 Å². The van der Waals surface area contributed by atoms with Crippen molar-refractivity contribution in [1.82, 2.24) is 24.7 Å². The smallest absolute Gasteiger partial charge is 0.293 e. The number of halogens is 7. The minimum Gasteiger partial charge on any atom is -0.293 e. The third-order valence-electron chi connectivity index (χ3n) is 3.32. The summed E-state index contributed by atoms with van der Waals surface area (Å²) in [4.78, 5) is 7.38. The van der Waals surface area contributed by atoms with Crippen molar-refractivity contribution in [3.63, 3.8) is 0 Å². The lowest BCUT2D eigenvalue weighted by molar-refractivity contribution is -0.141. The van der Waals surface area contributed by atoms with Gasteiger partial charge in [-0.3, -0.25) is 9.55 Å². The highest BCUT2D eigenvalue weighted by molar-refractivity contribution is 7.99. The molecule has 3 aromatic heterocycles. The zero-order valence-corrected chi connectivity index (χ0v) is 15.0. The normalized spacial score (nSPS) is 12.4. The number of pyridine rings is 2. The molecule has 3 heterocycles. The molecule has 0 aliphatic carbocycles. The Labute approximate surface area is 162 Å². The molecule has 0 bridgehead atoms. The molecule has 0 saturated heterocycles. The van der Waals surface area contributed by atoms with Crippen molar-refractivity contribution in [1.29, 1.82) is 0 Å². The zero-order valence-electron chi connectivity index (χ0n) is 13.5. The third-order valence-corrected chi connectivity index (χ3v) is 4.72. The molecular weight excluding hydrogens is 432 g/mol. The molecule has 0 saturated carbocycles. The van der Waals surface area contributed by atoms with Gasteiger partial charge in [0.15, 0.2) is 11.0 Å². The van der Waals surface area contributed by atoms with Gasteiger partial charge in [-0.15, -0.1) is 10.2 Å². The third kappa shape index (κ3) is 4.73. The van der Waals surface area contributed by atoms with Gasteiger partial charge in [-0.1, -0.05) is 11.6 Å². The Morgan fingerprint density at radius 1 is 1.04 bits per heavy atom. The van der Waals surface area contributed by atoms with Crippen LogP contribution in [0.15, 0.2) is 47.0 Å². The summed E-state index contributed by atoms with van der Waals surface area (Å²) in [6, 6.07) is 3.55. The van der Waals surface area contributed by atoms with Gasteiger partial charge in [-0.05, 0) is 30.0 Å². The number of aromatic nitrogens is 5. The molecule has 5 nitrogen and oxygen atoms in total. The molecule has 13 heteroatoms. The fraction of sp³-hybridized carbons (Fsp3) is 0.200. The van der Waals surface area contributed by atoms with Crippen molar-refractivity contribution in [2.75, 3.05) is 0 Å². The van der Waals surface area contributed by atoms with Crippen molar-refractivity contribution in [3.05, 3.63) is 47.4 Å². The van der Waals surface area contributed by atoms with Crippen LogP contribution in [0.1, 0.15) is 5.56 Å². The molecule has 0 unspecified atom stereocenters. The molecule has 0 aliphatic rings. The van der Waals surface area contributed by atoms with E-state index in [-0.39, 0.29) is 21.0 Å². The van der Waals surface area contributed by atoms with Crippen LogP contribution in [0, 0.1) is 0 Å². The number of nitrogens with zero attached hydrogens (tertiary/aromatic N) is 5. The van der Waals surface area contributed by atoms with E-state index in [2.05, 4.69) is 20.2 Å². The fourth-order valence-electron chi connectivity index (χ4n) is 2.14. The second-order valence-electron chi connectivity index (χ2n) is 5.35. The molecule has 0 aliphatic heterocycles. The monoisotopic (exact) mass is 439 g/mol. The van der Waals surface area contributed by atoms with E-state index in [1.165, 1.54) is 24.5 Å². The number of hydrogen-bond donors (Lipinski definition) is 0. The SMILES string of the molecule is FC(F)(F)Cn1c(Sc2ncc(C(F)(F)F)cc2Cl)nnc1-c1ccncc1. The van der Waals surface area contributed by atoms with E-state index >= 15 is 0 Å². The Balaban J connectivity index is 2.00. The molecule has 0 N–H and O–H groups in total. The predicted molar refractivity (Wildman–Crippen MR) is 87.7 cm³/mol. The Kier molecular flexibility index (Phi) is 5.53. The van der Waals surface area contributed by atoms with Gasteiger partial charge in [-0.2, -0.15) is 26.3 Å². The van der Waals surface area contributed by atoms with Gasteiger partial charge < -0.3 is 0 Å². The Bertz CT molecular complexity index is 973. The maximum absolute atomic E-state index is 13.0. The quantitative estimate of drug-likeness (QED) is 0.528. The van der Waals surface area contributed by atoms with E-state index in [4.69, 9.17) is 11.6 Å².